The van der Waals surface area contributed by atoms with E-state index in [1.165, 1.54) is 7.11 Å². The number of alkyl carbamates (subject to hydrolysis) is 1. The van der Waals surface area contributed by atoms with E-state index in [1.54, 1.807) is 4.90 Å². The maximum Gasteiger partial charge on any atom is 0.407 e. The molecule has 3 aliphatic rings. The molecule has 2 aromatic carbocycles. The van der Waals surface area contributed by atoms with Crippen molar-refractivity contribution in [3.8, 4) is 11.1 Å². The van der Waals surface area contributed by atoms with Gasteiger partial charge in [0.25, 0.3) is 0 Å². The van der Waals surface area contributed by atoms with Crippen LogP contribution in [0.2, 0.25) is 0 Å². The molecule has 1 heterocycles. The van der Waals surface area contributed by atoms with Crippen LogP contribution in [-0.4, -0.2) is 67.4 Å². The van der Waals surface area contributed by atoms with Gasteiger partial charge in [-0.1, -0.05) is 55.0 Å². The minimum atomic E-state index is -0.944. The monoisotopic (exact) mass is 478 g/mol. The first kappa shape index (κ1) is 23.4. The molecule has 2 fully saturated rings. The largest absolute Gasteiger partial charge is 0.481 e. The molecule has 35 heavy (non-hydrogen) atoms. The highest BCUT2D eigenvalue weighted by molar-refractivity contribution is 5.88. The molecule has 1 saturated heterocycles. The molecule has 1 aliphatic heterocycles. The summed E-state index contributed by atoms with van der Waals surface area (Å²) in [6, 6.07) is 15.2. The number of benzene rings is 2. The van der Waals surface area contributed by atoms with E-state index >= 15 is 0 Å². The van der Waals surface area contributed by atoms with Gasteiger partial charge in [0.2, 0.25) is 5.91 Å². The second-order valence-electron chi connectivity index (χ2n) is 9.75. The third kappa shape index (κ3) is 4.05. The molecule has 0 bridgehead atoms. The summed E-state index contributed by atoms with van der Waals surface area (Å²) in [5, 5.41) is 12.5. The fourth-order valence-electron chi connectivity index (χ4n) is 6.15. The van der Waals surface area contributed by atoms with E-state index in [9.17, 15) is 19.5 Å². The molecule has 5 rings (SSSR count). The van der Waals surface area contributed by atoms with E-state index in [0.717, 1.165) is 35.1 Å². The first-order valence-electron chi connectivity index (χ1n) is 12.1. The van der Waals surface area contributed by atoms with Crippen molar-refractivity contribution in [2.45, 2.75) is 31.2 Å². The number of amides is 2. The third-order valence-corrected chi connectivity index (χ3v) is 7.88. The minimum Gasteiger partial charge on any atom is -0.481 e. The van der Waals surface area contributed by atoms with Crippen LogP contribution < -0.4 is 5.32 Å². The summed E-state index contributed by atoms with van der Waals surface area (Å²) in [5.41, 5.74) is 3.60. The van der Waals surface area contributed by atoms with Gasteiger partial charge in [-0.05, 0) is 41.0 Å². The summed E-state index contributed by atoms with van der Waals surface area (Å²) in [6.45, 7) is 0.669. The number of rotatable bonds is 7. The highest BCUT2D eigenvalue weighted by Gasteiger charge is 2.56. The van der Waals surface area contributed by atoms with Crippen LogP contribution in [0.15, 0.2) is 48.5 Å². The molecular formula is C27H30N2O6. The third-order valence-electron chi connectivity index (χ3n) is 7.88. The first-order valence-corrected chi connectivity index (χ1v) is 12.1. The molecule has 1 unspecified atom stereocenters. The molecule has 2 aromatic rings. The Balaban J connectivity index is 1.24. The number of nitrogens with one attached hydrogen (secondary N) is 1. The Morgan fingerprint density at radius 3 is 2.37 bits per heavy atom. The van der Waals surface area contributed by atoms with Crippen LogP contribution in [0, 0.1) is 11.3 Å². The van der Waals surface area contributed by atoms with Gasteiger partial charge < -0.3 is 24.8 Å². The summed E-state index contributed by atoms with van der Waals surface area (Å²) in [7, 11) is 1.46. The molecule has 0 aromatic heterocycles. The van der Waals surface area contributed by atoms with Gasteiger partial charge in [-0.15, -0.1) is 0 Å². The van der Waals surface area contributed by atoms with Gasteiger partial charge in [0.05, 0.1) is 12.0 Å². The smallest absolute Gasteiger partial charge is 0.407 e. The number of nitrogens with zero attached hydrogens (tertiary/aromatic N) is 1. The molecule has 2 aliphatic carbocycles. The van der Waals surface area contributed by atoms with Crippen LogP contribution in [0.25, 0.3) is 11.1 Å². The lowest BCUT2D eigenvalue weighted by molar-refractivity contribution is -0.149. The van der Waals surface area contributed by atoms with Crippen molar-refractivity contribution in [2.75, 3.05) is 33.4 Å². The standard InChI is InChI=1S/C27H30N2O6/c1-34-15-23(24(30)29-13-17-7-6-12-27(17,16-29)25(31)32)28-26(33)35-14-22-20-10-4-2-8-18(20)19-9-3-5-11-21(19)22/h2-5,8-11,17,22-23H,6-7,12-16H2,1H3,(H,28,33)(H,31,32)/t17-,23?,27-/m1/s1. The Hall–Kier alpha value is -3.39. The molecule has 8 nitrogen and oxygen atoms in total. The number of aliphatic carboxylic acids is 1. The van der Waals surface area contributed by atoms with E-state index in [1.807, 2.05) is 36.4 Å². The van der Waals surface area contributed by atoms with Crippen LogP contribution in [0.3, 0.4) is 0 Å². The van der Waals surface area contributed by atoms with Gasteiger partial charge in [0.1, 0.15) is 12.6 Å². The molecule has 2 amide bonds. The average Bonchev–Trinajstić information content (AvgIpc) is 3.52. The lowest BCUT2D eigenvalue weighted by Gasteiger charge is -2.26. The molecule has 184 valence electrons. The van der Waals surface area contributed by atoms with Crippen LogP contribution >= 0.6 is 0 Å². The maximum atomic E-state index is 13.2. The number of carbonyl (C=O) groups excluding carboxylic acids is 2. The predicted molar refractivity (Wildman–Crippen MR) is 128 cm³/mol. The van der Waals surface area contributed by atoms with E-state index in [2.05, 4.69) is 17.4 Å². The van der Waals surface area contributed by atoms with Crippen molar-refractivity contribution in [2.24, 2.45) is 11.3 Å². The number of carbonyl (C=O) groups is 3. The summed E-state index contributed by atoms with van der Waals surface area (Å²) < 4.78 is 10.8. The van der Waals surface area contributed by atoms with E-state index < -0.39 is 23.5 Å². The normalized spacial score (nSPS) is 23.3. The number of fused-ring (bicyclic) bond motifs is 4. The fraction of sp³-hybridized carbons (Fsp3) is 0.444. The fourth-order valence-corrected chi connectivity index (χ4v) is 6.15. The van der Waals surface area contributed by atoms with Crippen molar-refractivity contribution >= 4 is 18.0 Å². The van der Waals surface area contributed by atoms with Crippen molar-refractivity contribution in [3.05, 3.63) is 59.7 Å². The SMILES string of the molecule is COCC(NC(=O)OCC1c2ccccc2-c2ccccc21)C(=O)N1C[C@H]2CCC[C@@]2(C(=O)O)C1. The summed E-state index contributed by atoms with van der Waals surface area (Å²) >= 11 is 0. The zero-order valence-electron chi connectivity index (χ0n) is 19.7. The van der Waals surface area contributed by atoms with Gasteiger partial charge in [-0.3, -0.25) is 9.59 Å². The Morgan fingerprint density at radius 2 is 1.77 bits per heavy atom. The number of ether oxygens (including phenoxy) is 2. The van der Waals surface area contributed by atoms with E-state index in [4.69, 9.17) is 9.47 Å². The van der Waals surface area contributed by atoms with Gasteiger partial charge in [0, 0.05) is 26.1 Å². The van der Waals surface area contributed by atoms with Gasteiger partial charge in [-0.25, -0.2) is 4.79 Å². The Morgan fingerprint density at radius 1 is 1.11 bits per heavy atom. The molecule has 0 spiro atoms. The summed E-state index contributed by atoms with van der Waals surface area (Å²) in [4.78, 5) is 39.5. The Labute approximate surface area is 204 Å². The molecule has 0 radical (unpaired) electrons. The molecular weight excluding hydrogens is 448 g/mol. The van der Waals surface area contributed by atoms with Crippen molar-refractivity contribution in [1.29, 1.82) is 0 Å². The van der Waals surface area contributed by atoms with Crippen molar-refractivity contribution < 1.29 is 29.0 Å². The highest BCUT2D eigenvalue weighted by atomic mass is 16.5. The maximum absolute atomic E-state index is 13.2. The highest BCUT2D eigenvalue weighted by Crippen LogP contribution is 2.49. The molecule has 8 heteroatoms. The van der Waals surface area contributed by atoms with Crippen LogP contribution in [-0.2, 0) is 19.1 Å². The van der Waals surface area contributed by atoms with Crippen LogP contribution in [0.5, 0.6) is 0 Å². The average molecular weight is 479 g/mol. The van der Waals surface area contributed by atoms with Crippen LogP contribution in [0.1, 0.15) is 36.3 Å². The Bertz CT molecular complexity index is 1100. The number of carboxylic acids is 1. The predicted octanol–water partition coefficient (Wildman–Crippen LogP) is 3.25. The minimum absolute atomic E-state index is 0.0235. The van der Waals surface area contributed by atoms with E-state index in [-0.39, 0.29) is 37.5 Å². The van der Waals surface area contributed by atoms with Crippen molar-refractivity contribution in [3.63, 3.8) is 0 Å². The van der Waals surface area contributed by atoms with E-state index in [0.29, 0.717) is 13.0 Å². The molecule has 2 N–H and O–H groups in total. The number of hydrogen-bond donors (Lipinski definition) is 2. The van der Waals surface area contributed by atoms with Gasteiger partial charge in [0.15, 0.2) is 0 Å². The first-order chi connectivity index (χ1) is 16.9. The summed E-state index contributed by atoms with van der Waals surface area (Å²) in [5.74, 6) is -1.32. The van der Waals surface area contributed by atoms with Gasteiger partial charge >= 0.3 is 12.1 Å². The van der Waals surface area contributed by atoms with Crippen molar-refractivity contribution in [1.82, 2.24) is 10.2 Å². The van der Waals surface area contributed by atoms with Crippen LogP contribution in [0.4, 0.5) is 4.79 Å². The quantitative estimate of drug-likeness (QED) is 0.633. The number of methoxy groups -OCH3 is 1. The Kier molecular flexibility index (Phi) is 6.23. The second kappa shape index (κ2) is 9.34. The summed E-state index contributed by atoms with van der Waals surface area (Å²) in [6.07, 6.45) is 1.53. The lowest BCUT2D eigenvalue weighted by atomic mass is 9.81. The van der Waals surface area contributed by atoms with Gasteiger partial charge in [-0.2, -0.15) is 0 Å². The zero-order valence-corrected chi connectivity index (χ0v) is 19.7. The topological polar surface area (TPSA) is 105 Å². The number of carboxylic acid groups (broad SMARTS) is 1. The molecule has 1 saturated carbocycles. The molecule has 3 atom stereocenters. The number of likely N-dealkylation sites (tertiary alicyclic amines) is 1. The zero-order chi connectivity index (χ0) is 24.6. The second-order valence-corrected chi connectivity index (χ2v) is 9.75. The number of hydrogen-bond acceptors (Lipinski definition) is 5. The lowest BCUT2D eigenvalue weighted by Crippen LogP contribution is -2.51.